The number of fused-ring (bicyclic) bond motifs is 1. The van der Waals surface area contributed by atoms with Gasteiger partial charge in [-0.25, -0.2) is 14.4 Å². The molecule has 0 bridgehead atoms. The van der Waals surface area contributed by atoms with Crippen LogP contribution in [-0.4, -0.2) is 32.5 Å². The van der Waals surface area contributed by atoms with E-state index in [0.717, 1.165) is 22.1 Å². The Morgan fingerprint density at radius 1 is 0.970 bits per heavy atom. The van der Waals surface area contributed by atoms with Crippen LogP contribution < -0.4 is 0 Å². The Bertz CT molecular complexity index is 1410. The molecule has 7 heteroatoms. The highest BCUT2D eigenvalue weighted by atomic mass is 19.1. The van der Waals surface area contributed by atoms with Gasteiger partial charge in [0.15, 0.2) is 0 Å². The zero-order valence-electron chi connectivity index (χ0n) is 18.6. The van der Waals surface area contributed by atoms with Gasteiger partial charge in [-0.15, -0.1) is 0 Å². The number of nitrogens with zero attached hydrogens (tertiary/aromatic N) is 4. The second-order valence-corrected chi connectivity index (χ2v) is 8.48. The predicted molar refractivity (Wildman–Crippen MR) is 125 cm³/mol. The Morgan fingerprint density at radius 3 is 2.45 bits per heavy atom. The van der Waals surface area contributed by atoms with Crippen molar-refractivity contribution < 1.29 is 13.5 Å². The first-order valence-corrected chi connectivity index (χ1v) is 10.6. The largest absolute Gasteiger partial charge is 0.438 e. The lowest BCUT2D eigenvalue weighted by Gasteiger charge is -2.22. The highest BCUT2D eigenvalue weighted by Crippen LogP contribution is 2.37. The third-order valence-electron chi connectivity index (χ3n) is 5.62. The summed E-state index contributed by atoms with van der Waals surface area (Å²) in [4.78, 5) is 8.92. The third kappa shape index (κ3) is 4.15. The number of hydrogen-bond acceptors (Lipinski definition) is 5. The monoisotopic (exact) mass is 442 g/mol. The van der Waals surface area contributed by atoms with Crippen LogP contribution in [0, 0.1) is 5.82 Å². The number of aromatic nitrogens is 4. The topological polar surface area (TPSA) is 66.0 Å². The Hall–Kier alpha value is -3.84. The van der Waals surface area contributed by atoms with Crippen LogP contribution >= 0.6 is 0 Å². The van der Waals surface area contributed by atoms with Crippen LogP contribution in [0.2, 0.25) is 0 Å². The first-order chi connectivity index (χ1) is 15.9. The molecule has 6 nitrogen and oxygen atoms in total. The van der Waals surface area contributed by atoms with Gasteiger partial charge in [0.25, 0.3) is 0 Å². The van der Waals surface area contributed by atoms with Gasteiger partial charge in [-0.05, 0) is 44.2 Å². The van der Waals surface area contributed by atoms with Crippen molar-refractivity contribution in [3.63, 3.8) is 0 Å². The lowest BCUT2D eigenvalue weighted by Crippen LogP contribution is -2.29. The molecule has 0 aliphatic rings. The molecule has 0 N–H and O–H groups in total. The van der Waals surface area contributed by atoms with Crippen molar-refractivity contribution in [1.82, 2.24) is 19.7 Å². The van der Waals surface area contributed by atoms with E-state index >= 15 is 0 Å². The molecule has 0 radical (unpaired) electrons. The van der Waals surface area contributed by atoms with Gasteiger partial charge in [-0.2, -0.15) is 5.10 Å². The van der Waals surface area contributed by atoms with E-state index in [4.69, 9.17) is 14.3 Å². The second-order valence-electron chi connectivity index (χ2n) is 8.48. The first kappa shape index (κ1) is 21.0. The number of benzene rings is 2. The Kier molecular flexibility index (Phi) is 5.26. The molecule has 0 atom stereocenters. The number of halogens is 1. The van der Waals surface area contributed by atoms with Gasteiger partial charge >= 0.3 is 0 Å². The van der Waals surface area contributed by atoms with Gasteiger partial charge in [0.05, 0.1) is 23.2 Å². The molecular formula is C26H23FN4O2. The molecule has 2 aromatic carbocycles. The number of furan rings is 1. The quantitative estimate of drug-likeness (QED) is 0.323. The molecule has 166 valence electrons. The fourth-order valence-electron chi connectivity index (χ4n) is 3.77. The van der Waals surface area contributed by atoms with Crippen molar-refractivity contribution in [3.05, 3.63) is 79.0 Å². The van der Waals surface area contributed by atoms with E-state index in [-0.39, 0.29) is 5.82 Å². The third-order valence-corrected chi connectivity index (χ3v) is 5.62. The zero-order chi connectivity index (χ0) is 23.0. The smallest absolute Gasteiger partial charge is 0.230 e. The SMILES string of the molecule is COC(C)(C)Cn1cc(-c2ncnc3oc(-c4ccccc4)cc23)c(-c2ccc(F)cc2)n1. The summed E-state index contributed by atoms with van der Waals surface area (Å²) in [5, 5.41) is 5.60. The Labute approximate surface area is 190 Å². The normalized spacial score (nSPS) is 11.9. The molecule has 0 amide bonds. The van der Waals surface area contributed by atoms with Gasteiger partial charge in [0, 0.05) is 30.0 Å². The maximum atomic E-state index is 13.6. The van der Waals surface area contributed by atoms with E-state index in [1.807, 2.05) is 61.1 Å². The molecule has 0 saturated heterocycles. The lowest BCUT2D eigenvalue weighted by atomic mass is 10.0. The van der Waals surface area contributed by atoms with Gasteiger partial charge in [0.1, 0.15) is 23.6 Å². The van der Waals surface area contributed by atoms with E-state index < -0.39 is 5.60 Å². The summed E-state index contributed by atoms with van der Waals surface area (Å²) < 4.78 is 27.1. The summed E-state index contributed by atoms with van der Waals surface area (Å²) in [6.07, 6.45) is 3.43. The molecule has 0 aliphatic carbocycles. The zero-order valence-corrected chi connectivity index (χ0v) is 18.6. The summed E-state index contributed by atoms with van der Waals surface area (Å²) in [7, 11) is 1.68. The average Bonchev–Trinajstić information content (AvgIpc) is 3.44. The predicted octanol–water partition coefficient (Wildman–Crippen LogP) is 5.98. The average molecular weight is 442 g/mol. The lowest BCUT2D eigenvalue weighted by molar-refractivity contribution is 0.00548. The highest BCUT2D eigenvalue weighted by Gasteiger charge is 2.23. The van der Waals surface area contributed by atoms with Crippen molar-refractivity contribution in [2.24, 2.45) is 0 Å². The van der Waals surface area contributed by atoms with Crippen LogP contribution in [0.15, 0.2) is 77.6 Å². The fraction of sp³-hybridized carbons (Fsp3) is 0.192. The van der Waals surface area contributed by atoms with Gasteiger partial charge in [0.2, 0.25) is 5.71 Å². The van der Waals surface area contributed by atoms with Crippen LogP contribution in [0.1, 0.15) is 13.8 Å². The number of rotatable bonds is 6. The van der Waals surface area contributed by atoms with E-state index in [2.05, 4.69) is 9.97 Å². The van der Waals surface area contributed by atoms with Crippen LogP contribution in [-0.2, 0) is 11.3 Å². The van der Waals surface area contributed by atoms with Crippen molar-refractivity contribution in [2.75, 3.05) is 7.11 Å². The minimum atomic E-state index is -0.416. The van der Waals surface area contributed by atoms with Gasteiger partial charge in [-0.1, -0.05) is 30.3 Å². The standard InChI is InChI=1S/C26H23FN4O2/c1-26(2,32-3)15-31-14-21(23(30-31)18-9-11-19(27)12-10-18)24-20-13-22(17-7-5-4-6-8-17)33-25(20)29-16-28-24/h4-14,16H,15H2,1-3H3. The number of methoxy groups -OCH3 is 1. The van der Waals surface area contributed by atoms with E-state index in [1.54, 1.807) is 19.2 Å². The number of hydrogen-bond donors (Lipinski definition) is 0. The van der Waals surface area contributed by atoms with Crippen molar-refractivity contribution >= 4 is 11.1 Å². The van der Waals surface area contributed by atoms with Crippen LogP contribution in [0.4, 0.5) is 4.39 Å². The summed E-state index contributed by atoms with van der Waals surface area (Å²) >= 11 is 0. The molecule has 0 saturated carbocycles. The summed E-state index contributed by atoms with van der Waals surface area (Å²) in [5.74, 6) is 0.413. The molecule has 0 fully saturated rings. The van der Waals surface area contributed by atoms with Crippen molar-refractivity contribution in [3.8, 4) is 33.8 Å². The summed E-state index contributed by atoms with van der Waals surface area (Å²) in [6.45, 7) is 4.53. The Morgan fingerprint density at radius 2 is 1.73 bits per heavy atom. The summed E-state index contributed by atoms with van der Waals surface area (Å²) in [5.41, 5.74) is 4.03. The molecule has 0 unspecified atom stereocenters. The molecule has 3 aromatic heterocycles. The molecule has 5 aromatic rings. The first-order valence-electron chi connectivity index (χ1n) is 10.6. The highest BCUT2D eigenvalue weighted by molar-refractivity contribution is 5.95. The van der Waals surface area contributed by atoms with E-state index in [0.29, 0.717) is 29.4 Å². The van der Waals surface area contributed by atoms with Crippen LogP contribution in [0.25, 0.3) is 44.9 Å². The minimum absolute atomic E-state index is 0.299. The van der Waals surface area contributed by atoms with E-state index in [9.17, 15) is 4.39 Å². The van der Waals surface area contributed by atoms with Gasteiger partial charge < -0.3 is 9.15 Å². The molecule has 33 heavy (non-hydrogen) atoms. The molecular weight excluding hydrogens is 419 g/mol. The maximum Gasteiger partial charge on any atom is 0.230 e. The number of ether oxygens (including phenoxy) is 1. The Balaban J connectivity index is 1.68. The van der Waals surface area contributed by atoms with Crippen molar-refractivity contribution in [2.45, 2.75) is 26.0 Å². The van der Waals surface area contributed by atoms with Gasteiger partial charge in [-0.3, -0.25) is 4.68 Å². The summed E-state index contributed by atoms with van der Waals surface area (Å²) in [6, 6.07) is 18.1. The van der Waals surface area contributed by atoms with E-state index in [1.165, 1.54) is 18.5 Å². The second kappa shape index (κ2) is 8.26. The maximum absolute atomic E-state index is 13.6. The minimum Gasteiger partial charge on any atom is -0.438 e. The van der Waals surface area contributed by atoms with Crippen LogP contribution in [0.5, 0.6) is 0 Å². The molecule has 0 spiro atoms. The molecule has 3 heterocycles. The molecule has 0 aliphatic heterocycles. The molecule has 5 rings (SSSR count). The van der Waals surface area contributed by atoms with Crippen molar-refractivity contribution in [1.29, 1.82) is 0 Å². The fourth-order valence-corrected chi connectivity index (χ4v) is 3.77. The van der Waals surface area contributed by atoms with Crippen LogP contribution in [0.3, 0.4) is 0 Å².